The minimum absolute atomic E-state index is 0.178. The lowest BCUT2D eigenvalue weighted by Gasteiger charge is -2.10. The first-order chi connectivity index (χ1) is 5.02. The highest BCUT2D eigenvalue weighted by molar-refractivity contribution is 7.86. The van der Waals surface area contributed by atoms with Crippen LogP contribution < -0.4 is 5.32 Å². The van der Waals surface area contributed by atoms with Crippen LogP contribution in [0.1, 0.15) is 0 Å². The normalized spacial score (nSPS) is 14.0. The molecule has 0 aromatic heterocycles. The van der Waals surface area contributed by atoms with Crippen molar-refractivity contribution in [2.24, 2.45) is 0 Å². The predicted octanol–water partition coefficient (Wildman–Crippen LogP) is -1.41. The lowest BCUT2D eigenvalue weighted by Crippen LogP contribution is -2.39. The van der Waals surface area contributed by atoms with E-state index in [0.717, 1.165) is 0 Å². The van der Waals surface area contributed by atoms with Crippen LogP contribution in [0.25, 0.3) is 0 Å². The third kappa shape index (κ3) is 3.91. The number of nitrogens with one attached hydrogen (secondary N) is 1. The fourth-order valence-electron chi connectivity index (χ4n) is 0.447. The first kappa shape index (κ1) is 10.3. The van der Waals surface area contributed by atoms with E-state index in [0.29, 0.717) is 0 Å². The van der Waals surface area contributed by atoms with Gasteiger partial charge < -0.3 is 10.1 Å². The highest BCUT2D eigenvalue weighted by Crippen LogP contribution is 1.93. The summed E-state index contributed by atoms with van der Waals surface area (Å²) in [5, 5.41) is 0.496. The lowest BCUT2D eigenvalue weighted by atomic mass is 10.7. The van der Waals surface area contributed by atoms with Crippen molar-refractivity contribution in [3.05, 3.63) is 0 Å². The first-order valence-corrected chi connectivity index (χ1v) is 4.17. The Bertz CT molecular complexity index is 211. The van der Waals surface area contributed by atoms with Crippen molar-refractivity contribution in [1.29, 1.82) is 0 Å². The second-order valence-electron chi connectivity index (χ2n) is 1.74. The van der Waals surface area contributed by atoms with Crippen LogP contribution in [0.15, 0.2) is 0 Å². The molecular weight excluding hydrogens is 174 g/mol. The number of amides is 1. The number of methoxy groups -OCH3 is 1. The summed E-state index contributed by atoms with van der Waals surface area (Å²) in [6, 6.07) is 0. The van der Waals surface area contributed by atoms with E-state index in [1.54, 1.807) is 0 Å². The fraction of sp³-hybridized carbons (Fsp3) is 0.750. The van der Waals surface area contributed by atoms with Crippen LogP contribution in [0.4, 0.5) is 0 Å². The highest BCUT2D eigenvalue weighted by Gasteiger charge is 2.21. The van der Waals surface area contributed by atoms with E-state index in [9.17, 15) is 13.2 Å². The SMILES string of the molecule is COCC(NC=O)S(=O)(=O)O. The Morgan fingerprint density at radius 3 is 2.55 bits per heavy atom. The third-order valence-electron chi connectivity index (χ3n) is 0.932. The van der Waals surface area contributed by atoms with Gasteiger partial charge >= 0.3 is 0 Å². The molecule has 0 saturated heterocycles. The zero-order valence-corrected chi connectivity index (χ0v) is 6.67. The van der Waals surface area contributed by atoms with Crippen LogP contribution in [-0.4, -0.2) is 38.5 Å². The van der Waals surface area contributed by atoms with Gasteiger partial charge in [-0.25, -0.2) is 0 Å². The predicted molar refractivity (Wildman–Crippen MR) is 36.4 cm³/mol. The van der Waals surface area contributed by atoms with Gasteiger partial charge in [0.15, 0.2) is 5.37 Å². The average Bonchev–Trinajstić information content (AvgIpc) is 1.85. The van der Waals surface area contributed by atoms with E-state index < -0.39 is 15.5 Å². The van der Waals surface area contributed by atoms with Crippen molar-refractivity contribution < 1.29 is 22.5 Å². The molecule has 0 aromatic carbocycles. The Labute approximate surface area is 64.3 Å². The molecule has 1 atom stereocenters. The molecule has 0 fully saturated rings. The van der Waals surface area contributed by atoms with E-state index in [4.69, 9.17) is 4.55 Å². The van der Waals surface area contributed by atoms with E-state index in [-0.39, 0.29) is 13.0 Å². The Morgan fingerprint density at radius 1 is 1.73 bits per heavy atom. The Kier molecular flexibility index (Phi) is 4.01. The van der Waals surface area contributed by atoms with Gasteiger partial charge in [-0.15, -0.1) is 0 Å². The Hall–Kier alpha value is -0.660. The van der Waals surface area contributed by atoms with E-state index in [1.807, 2.05) is 5.32 Å². The van der Waals surface area contributed by atoms with Gasteiger partial charge in [-0.1, -0.05) is 0 Å². The number of carbonyl (C=O) groups excluding carboxylic acids is 1. The van der Waals surface area contributed by atoms with Crippen molar-refractivity contribution in [3.8, 4) is 0 Å². The molecule has 0 saturated carbocycles. The number of carbonyl (C=O) groups is 1. The zero-order chi connectivity index (χ0) is 8.91. The molecular formula is C4H9NO5S. The van der Waals surface area contributed by atoms with Gasteiger partial charge in [0.2, 0.25) is 6.41 Å². The van der Waals surface area contributed by atoms with Crippen molar-refractivity contribution in [3.63, 3.8) is 0 Å². The molecule has 0 aliphatic rings. The number of ether oxygens (including phenoxy) is 1. The summed E-state index contributed by atoms with van der Waals surface area (Å²) in [6.07, 6.45) is 0.178. The summed E-state index contributed by atoms with van der Waals surface area (Å²) in [5.74, 6) is 0. The minimum atomic E-state index is -4.26. The summed E-state index contributed by atoms with van der Waals surface area (Å²) in [6.45, 7) is -0.280. The minimum Gasteiger partial charge on any atom is -0.381 e. The van der Waals surface area contributed by atoms with Gasteiger partial charge in [0.25, 0.3) is 10.1 Å². The summed E-state index contributed by atoms with van der Waals surface area (Å²) in [5.41, 5.74) is 0. The molecule has 11 heavy (non-hydrogen) atoms. The van der Waals surface area contributed by atoms with Gasteiger partial charge in [-0.2, -0.15) is 8.42 Å². The third-order valence-corrected chi connectivity index (χ3v) is 1.92. The average molecular weight is 183 g/mol. The summed E-state index contributed by atoms with van der Waals surface area (Å²) in [4.78, 5) is 9.79. The molecule has 0 spiro atoms. The molecule has 1 amide bonds. The largest absolute Gasteiger partial charge is 0.381 e. The second-order valence-corrected chi connectivity index (χ2v) is 3.34. The monoisotopic (exact) mass is 183 g/mol. The molecule has 7 heteroatoms. The topological polar surface area (TPSA) is 92.7 Å². The molecule has 2 N–H and O–H groups in total. The second kappa shape index (κ2) is 4.27. The van der Waals surface area contributed by atoms with Gasteiger partial charge in [0, 0.05) is 7.11 Å². The molecule has 0 heterocycles. The van der Waals surface area contributed by atoms with Gasteiger partial charge in [-0.05, 0) is 0 Å². The Morgan fingerprint density at radius 2 is 2.27 bits per heavy atom. The molecule has 0 aliphatic carbocycles. The number of rotatable bonds is 5. The van der Waals surface area contributed by atoms with Crippen molar-refractivity contribution in [1.82, 2.24) is 5.32 Å². The van der Waals surface area contributed by atoms with Crippen molar-refractivity contribution in [2.45, 2.75) is 5.37 Å². The van der Waals surface area contributed by atoms with Gasteiger partial charge in [-0.3, -0.25) is 9.35 Å². The molecule has 66 valence electrons. The van der Waals surface area contributed by atoms with Crippen LogP contribution >= 0.6 is 0 Å². The lowest BCUT2D eigenvalue weighted by molar-refractivity contribution is -0.110. The first-order valence-electron chi connectivity index (χ1n) is 2.67. The van der Waals surface area contributed by atoms with Crippen molar-refractivity contribution >= 4 is 16.5 Å². The standard InChI is InChI=1S/C4H9NO5S/c1-10-2-4(5-3-6)11(7,8)9/h3-4H,2H2,1H3,(H,5,6)(H,7,8,9). The molecule has 6 nitrogen and oxygen atoms in total. The van der Waals surface area contributed by atoms with Gasteiger partial charge in [0.05, 0.1) is 6.61 Å². The summed E-state index contributed by atoms with van der Waals surface area (Å²) in [7, 11) is -3.00. The molecule has 1 unspecified atom stereocenters. The van der Waals surface area contributed by atoms with Crippen LogP contribution in [-0.2, 0) is 19.6 Å². The van der Waals surface area contributed by atoms with Crippen LogP contribution in [0, 0.1) is 0 Å². The van der Waals surface area contributed by atoms with Crippen LogP contribution in [0.5, 0.6) is 0 Å². The van der Waals surface area contributed by atoms with Crippen LogP contribution in [0.3, 0.4) is 0 Å². The van der Waals surface area contributed by atoms with Crippen LogP contribution in [0.2, 0.25) is 0 Å². The summed E-state index contributed by atoms with van der Waals surface area (Å²) >= 11 is 0. The van der Waals surface area contributed by atoms with E-state index in [2.05, 4.69) is 4.74 Å². The summed E-state index contributed by atoms with van der Waals surface area (Å²) < 4.78 is 33.6. The van der Waals surface area contributed by atoms with E-state index in [1.165, 1.54) is 7.11 Å². The fourth-order valence-corrected chi connectivity index (χ4v) is 0.983. The number of hydrogen-bond donors (Lipinski definition) is 2. The Balaban J connectivity index is 4.21. The smallest absolute Gasteiger partial charge is 0.288 e. The highest BCUT2D eigenvalue weighted by atomic mass is 32.2. The molecule has 0 aromatic rings. The quantitative estimate of drug-likeness (QED) is 0.403. The zero-order valence-electron chi connectivity index (χ0n) is 5.85. The molecule has 0 bridgehead atoms. The van der Waals surface area contributed by atoms with Gasteiger partial charge in [0.1, 0.15) is 0 Å². The number of hydrogen-bond acceptors (Lipinski definition) is 4. The maximum atomic E-state index is 10.4. The van der Waals surface area contributed by atoms with E-state index >= 15 is 0 Å². The molecule has 0 aliphatic heterocycles. The molecule has 0 radical (unpaired) electrons. The maximum Gasteiger partial charge on any atom is 0.288 e. The van der Waals surface area contributed by atoms with Crippen molar-refractivity contribution in [2.75, 3.05) is 13.7 Å². The molecule has 0 rings (SSSR count). The maximum absolute atomic E-state index is 10.4.